The number of likely N-dealkylation sites (N-methyl/N-ethyl adjacent to an activating group) is 2. The summed E-state index contributed by atoms with van der Waals surface area (Å²) in [6.07, 6.45) is 1.17. The number of carbonyl (C=O) groups excluding carboxylic acids is 2. The zero-order valence-corrected chi connectivity index (χ0v) is 9.05. The van der Waals surface area contributed by atoms with Crippen LogP contribution < -0.4 is 5.32 Å². The summed E-state index contributed by atoms with van der Waals surface area (Å²) in [6, 6.07) is 0. The number of nitrogens with zero attached hydrogens (tertiary/aromatic N) is 1. The van der Waals surface area contributed by atoms with Gasteiger partial charge in [-0.25, -0.2) is 0 Å². The zero-order chi connectivity index (χ0) is 11.3. The molecule has 0 rings (SSSR count). The molecule has 0 saturated carbocycles. The lowest BCUT2D eigenvalue weighted by Gasteiger charge is -2.19. The molecule has 0 aromatic carbocycles. The highest BCUT2D eigenvalue weighted by molar-refractivity contribution is 6.00. The van der Waals surface area contributed by atoms with Crippen LogP contribution in [0, 0.1) is 0 Å². The molecule has 0 aliphatic carbocycles. The van der Waals surface area contributed by atoms with E-state index in [2.05, 4.69) is 11.9 Å². The number of hydrogen-bond acceptors (Lipinski definition) is 2. The number of hydrogen-bond donors (Lipinski definition) is 1. The van der Waals surface area contributed by atoms with Crippen LogP contribution in [0.1, 0.15) is 13.8 Å². The molecule has 2 amide bonds. The van der Waals surface area contributed by atoms with E-state index in [0.717, 1.165) is 5.57 Å². The Labute approximate surface area is 84.3 Å². The first-order valence-electron chi connectivity index (χ1n) is 4.25. The van der Waals surface area contributed by atoms with Gasteiger partial charge < -0.3 is 10.2 Å². The molecule has 0 fully saturated rings. The predicted molar refractivity (Wildman–Crippen MR) is 55.4 cm³/mol. The van der Waals surface area contributed by atoms with Crippen molar-refractivity contribution in [3.8, 4) is 0 Å². The molecular weight excluding hydrogens is 180 g/mol. The molecule has 78 valence electrons. The third kappa shape index (κ3) is 2.73. The second-order valence-electron chi connectivity index (χ2n) is 3.03. The van der Waals surface area contributed by atoms with Crippen molar-refractivity contribution >= 4 is 11.8 Å². The summed E-state index contributed by atoms with van der Waals surface area (Å²) in [5.74, 6) is -0.576. The zero-order valence-electron chi connectivity index (χ0n) is 9.05. The van der Waals surface area contributed by atoms with E-state index in [4.69, 9.17) is 0 Å². The molecule has 0 radical (unpaired) electrons. The number of rotatable bonds is 3. The summed E-state index contributed by atoms with van der Waals surface area (Å²) < 4.78 is 0. The van der Waals surface area contributed by atoms with Gasteiger partial charge in [-0.1, -0.05) is 6.58 Å². The van der Waals surface area contributed by atoms with Gasteiger partial charge in [-0.15, -0.1) is 0 Å². The normalized spacial score (nSPS) is 8.86. The van der Waals surface area contributed by atoms with E-state index in [-0.39, 0.29) is 11.8 Å². The Balaban J connectivity index is 5.06. The molecule has 14 heavy (non-hydrogen) atoms. The van der Waals surface area contributed by atoms with Crippen molar-refractivity contribution < 1.29 is 9.59 Å². The summed E-state index contributed by atoms with van der Waals surface area (Å²) in [5, 5.41) is 2.48. The fourth-order valence-corrected chi connectivity index (χ4v) is 1.08. The van der Waals surface area contributed by atoms with E-state index >= 15 is 0 Å². The van der Waals surface area contributed by atoms with Gasteiger partial charge in [-0.2, -0.15) is 0 Å². The van der Waals surface area contributed by atoms with Gasteiger partial charge in [0.1, 0.15) is 5.70 Å². The maximum Gasteiger partial charge on any atom is 0.267 e. The number of allylic oxidation sites excluding steroid dienone is 1. The summed E-state index contributed by atoms with van der Waals surface area (Å²) in [5.41, 5.74) is 1.14. The smallest absolute Gasteiger partial charge is 0.267 e. The SMILES string of the molecule is C=CC(=O)N(C)C(C(=O)NC)=C(C)C. The third-order valence-corrected chi connectivity index (χ3v) is 1.76. The molecule has 1 N–H and O–H groups in total. The van der Waals surface area contributed by atoms with Crippen molar-refractivity contribution in [2.24, 2.45) is 0 Å². The summed E-state index contributed by atoms with van der Waals surface area (Å²) in [6.45, 7) is 6.91. The average Bonchev–Trinajstić information content (AvgIpc) is 2.15. The Kier molecular flexibility index (Phi) is 4.63. The van der Waals surface area contributed by atoms with Crippen molar-refractivity contribution in [1.29, 1.82) is 0 Å². The Morgan fingerprint density at radius 1 is 1.36 bits per heavy atom. The van der Waals surface area contributed by atoms with Crippen molar-refractivity contribution in [3.05, 3.63) is 23.9 Å². The Bertz CT molecular complexity index is 288. The third-order valence-electron chi connectivity index (χ3n) is 1.76. The molecule has 0 unspecified atom stereocenters. The average molecular weight is 196 g/mol. The maximum atomic E-state index is 11.4. The van der Waals surface area contributed by atoms with Crippen LogP contribution in [-0.2, 0) is 9.59 Å². The second kappa shape index (κ2) is 5.21. The van der Waals surface area contributed by atoms with Crippen molar-refractivity contribution in [1.82, 2.24) is 10.2 Å². The summed E-state index contributed by atoms with van der Waals surface area (Å²) in [7, 11) is 3.07. The van der Waals surface area contributed by atoms with E-state index in [9.17, 15) is 9.59 Å². The minimum Gasteiger partial charge on any atom is -0.354 e. The predicted octanol–water partition coefficient (Wildman–Crippen LogP) is 0.671. The van der Waals surface area contributed by atoms with Crippen molar-refractivity contribution in [2.75, 3.05) is 14.1 Å². The quantitative estimate of drug-likeness (QED) is 0.674. The monoisotopic (exact) mass is 196 g/mol. The maximum absolute atomic E-state index is 11.4. The molecule has 0 saturated heterocycles. The molecule has 4 nitrogen and oxygen atoms in total. The Hall–Kier alpha value is -1.58. The fraction of sp³-hybridized carbons (Fsp3) is 0.400. The molecule has 0 aromatic rings. The van der Waals surface area contributed by atoms with E-state index in [1.54, 1.807) is 20.9 Å². The van der Waals surface area contributed by atoms with Gasteiger partial charge in [0.25, 0.3) is 5.91 Å². The van der Waals surface area contributed by atoms with Gasteiger partial charge in [0, 0.05) is 14.1 Å². The summed E-state index contributed by atoms with van der Waals surface area (Å²) >= 11 is 0. The van der Waals surface area contributed by atoms with Gasteiger partial charge in [0.05, 0.1) is 0 Å². The van der Waals surface area contributed by atoms with Crippen LogP contribution in [0.5, 0.6) is 0 Å². The van der Waals surface area contributed by atoms with Crippen LogP contribution in [0.25, 0.3) is 0 Å². The van der Waals surface area contributed by atoms with E-state index in [1.165, 1.54) is 18.0 Å². The van der Waals surface area contributed by atoms with Gasteiger partial charge in [0.2, 0.25) is 5.91 Å². The molecule has 0 aliphatic rings. The topological polar surface area (TPSA) is 49.4 Å². The van der Waals surface area contributed by atoms with Crippen LogP contribution in [-0.4, -0.2) is 30.8 Å². The molecule has 0 heterocycles. The lowest BCUT2D eigenvalue weighted by atomic mass is 10.2. The van der Waals surface area contributed by atoms with Crippen LogP contribution in [0.15, 0.2) is 23.9 Å². The van der Waals surface area contributed by atoms with E-state index in [0.29, 0.717) is 5.70 Å². The summed E-state index contributed by atoms with van der Waals surface area (Å²) in [4.78, 5) is 24.0. The second-order valence-corrected chi connectivity index (χ2v) is 3.03. The highest BCUT2D eigenvalue weighted by Crippen LogP contribution is 2.08. The number of carbonyl (C=O) groups is 2. The first-order chi connectivity index (χ1) is 6.45. The minimum atomic E-state index is -0.301. The van der Waals surface area contributed by atoms with Crippen molar-refractivity contribution in [2.45, 2.75) is 13.8 Å². The number of nitrogens with one attached hydrogen (secondary N) is 1. The van der Waals surface area contributed by atoms with Crippen molar-refractivity contribution in [3.63, 3.8) is 0 Å². The first-order valence-corrected chi connectivity index (χ1v) is 4.25. The van der Waals surface area contributed by atoms with Gasteiger partial charge >= 0.3 is 0 Å². The van der Waals surface area contributed by atoms with Gasteiger partial charge in [-0.3, -0.25) is 9.59 Å². The standard InChI is InChI=1S/C10H16N2O2/c1-6-8(13)12(5)9(7(2)3)10(14)11-4/h6H,1H2,2-5H3,(H,11,14). The lowest BCUT2D eigenvalue weighted by molar-refractivity contribution is -0.127. The molecule has 0 bridgehead atoms. The lowest BCUT2D eigenvalue weighted by Crippen LogP contribution is -2.34. The Morgan fingerprint density at radius 2 is 1.86 bits per heavy atom. The molecule has 0 spiro atoms. The Morgan fingerprint density at radius 3 is 2.14 bits per heavy atom. The van der Waals surface area contributed by atoms with Crippen LogP contribution in [0.2, 0.25) is 0 Å². The number of amides is 2. The minimum absolute atomic E-state index is 0.275. The first kappa shape index (κ1) is 12.4. The highest BCUT2D eigenvalue weighted by atomic mass is 16.2. The molecule has 0 atom stereocenters. The largest absolute Gasteiger partial charge is 0.354 e. The molecule has 0 aliphatic heterocycles. The highest BCUT2D eigenvalue weighted by Gasteiger charge is 2.17. The molecule has 4 heteroatoms. The fourth-order valence-electron chi connectivity index (χ4n) is 1.08. The van der Waals surface area contributed by atoms with Crippen LogP contribution in [0.4, 0.5) is 0 Å². The molecule has 0 aromatic heterocycles. The van der Waals surface area contributed by atoms with Gasteiger partial charge in [-0.05, 0) is 25.5 Å². The van der Waals surface area contributed by atoms with Crippen LogP contribution in [0.3, 0.4) is 0 Å². The van der Waals surface area contributed by atoms with Crippen LogP contribution >= 0.6 is 0 Å². The molecular formula is C10H16N2O2. The van der Waals surface area contributed by atoms with E-state index < -0.39 is 0 Å². The van der Waals surface area contributed by atoms with Gasteiger partial charge in [0.15, 0.2) is 0 Å². The van der Waals surface area contributed by atoms with E-state index in [1.807, 2.05) is 0 Å².